The van der Waals surface area contributed by atoms with Crippen molar-refractivity contribution in [2.45, 2.75) is 26.3 Å². The maximum absolute atomic E-state index is 11.5. The van der Waals surface area contributed by atoms with Crippen LogP contribution in [0.1, 0.15) is 20.3 Å². The monoisotopic (exact) mass is 245 g/mol. The first-order valence-electron chi connectivity index (χ1n) is 5.88. The molecule has 0 bridgehead atoms. The molecular weight excluding hydrogens is 222 g/mol. The van der Waals surface area contributed by atoms with Crippen molar-refractivity contribution < 1.29 is 14.3 Å². The molecule has 0 aromatic rings. The maximum Gasteiger partial charge on any atom is 0.236 e. The molecule has 0 fully saturated rings. The van der Waals surface area contributed by atoms with E-state index in [1.54, 1.807) is 14.0 Å². The SMILES string of the molecule is CCNC(=O)CCNC(C)C(=O)NCCOC. The Balaban J connectivity index is 3.59. The molecular formula is C11H23N3O3. The van der Waals surface area contributed by atoms with Gasteiger partial charge in [-0.1, -0.05) is 0 Å². The number of rotatable bonds is 9. The first-order chi connectivity index (χ1) is 8.11. The lowest BCUT2D eigenvalue weighted by Gasteiger charge is -2.13. The smallest absolute Gasteiger partial charge is 0.236 e. The largest absolute Gasteiger partial charge is 0.383 e. The molecule has 0 spiro atoms. The van der Waals surface area contributed by atoms with Gasteiger partial charge in [0.15, 0.2) is 0 Å². The van der Waals surface area contributed by atoms with Crippen LogP contribution in [0.4, 0.5) is 0 Å². The third-order valence-electron chi connectivity index (χ3n) is 2.18. The minimum atomic E-state index is -0.304. The number of amides is 2. The van der Waals surface area contributed by atoms with E-state index in [-0.39, 0.29) is 17.9 Å². The van der Waals surface area contributed by atoms with Crippen LogP contribution in [0, 0.1) is 0 Å². The summed E-state index contributed by atoms with van der Waals surface area (Å²) in [6.07, 6.45) is 0.379. The molecule has 0 saturated heterocycles. The zero-order valence-corrected chi connectivity index (χ0v) is 10.8. The summed E-state index contributed by atoms with van der Waals surface area (Å²) in [5.41, 5.74) is 0. The number of methoxy groups -OCH3 is 1. The fourth-order valence-electron chi connectivity index (χ4n) is 1.21. The van der Waals surface area contributed by atoms with E-state index < -0.39 is 0 Å². The van der Waals surface area contributed by atoms with Crippen LogP contribution < -0.4 is 16.0 Å². The second-order valence-electron chi connectivity index (χ2n) is 3.66. The Hall–Kier alpha value is -1.14. The summed E-state index contributed by atoms with van der Waals surface area (Å²) in [5.74, 6) is -0.0926. The summed E-state index contributed by atoms with van der Waals surface area (Å²) < 4.78 is 4.82. The topological polar surface area (TPSA) is 79.5 Å². The Bertz CT molecular complexity index is 234. The van der Waals surface area contributed by atoms with Crippen molar-refractivity contribution in [3.05, 3.63) is 0 Å². The highest BCUT2D eigenvalue weighted by atomic mass is 16.5. The molecule has 100 valence electrons. The van der Waals surface area contributed by atoms with Crippen molar-refractivity contribution in [2.24, 2.45) is 0 Å². The highest BCUT2D eigenvalue weighted by molar-refractivity contribution is 5.81. The third-order valence-corrected chi connectivity index (χ3v) is 2.18. The van der Waals surface area contributed by atoms with Crippen LogP contribution in [0.3, 0.4) is 0 Å². The van der Waals surface area contributed by atoms with Gasteiger partial charge in [-0.05, 0) is 13.8 Å². The third kappa shape index (κ3) is 8.65. The molecule has 0 rings (SSSR count). The lowest BCUT2D eigenvalue weighted by Crippen LogP contribution is -2.44. The fraction of sp³-hybridized carbons (Fsp3) is 0.818. The van der Waals surface area contributed by atoms with Gasteiger partial charge < -0.3 is 20.7 Å². The Morgan fingerprint density at radius 3 is 2.53 bits per heavy atom. The normalized spacial score (nSPS) is 11.9. The summed E-state index contributed by atoms with van der Waals surface area (Å²) in [6, 6.07) is -0.304. The molecule has 0 aromatic heterocycles. The van der Waals surface area contributed by atoms with Crippen molar-refractivity contribution >= 4 is 11.8 Å². The molecule has 0 aliphatic carbocycles. The van der Waals surface area contributed by atoms with Gasteiger partial charge in [-0.25, -0.2) is 0 Å². The van der Waals surface area contributed by atoms with E-state index in [1.807, 2.05) is 6.92 Å². The first-order valence-corrected chi connectivity index (χ1v) is 5.88. The molecule has 0 radical (unpaired) electrons. The molecule has 0 saturated carbocycles. The Morgan fingerprint density at radius 1 is 1.24 bits per heavy atom. The zero-order valence-electron chi connectivity index (χ0n) is 10.8. The van der Waals surface area contributed by atoms with E-state index in [1.165, 1.54) is 0 Å². The van der Waals surface area contributed by atoms with Crippen LogP contribution >= 0.6 is 0 Å². The summed E-state index contributed by atoms with van der Waals surface area (Å²) in [4.78, 5) is 22.6. The number of hydrogen-bond acceptors (Lipinski definition) is 4. The van der Waals surface area contributed by atoms with Crippen molar-refractivity contribution in [2.75, 3.05) is 33.4 Å². The van der Waals surface area contributed by atoms with Gasteiger partial charge in [-0.3, -0.25) is 9.59 Å². The molecule has 0 aliphatic rings. The average molecular weight is 245 g/mol. The van der Waals surface area contributed by atoms with Crippen LogP contribution in [0.2, 0.25) is 0 Å². The van der Waals surface area contributed by atoms with Crippen molar-refractivity contribution in [3.8, 4) is 0 Å². The molecule has 1 unspecified atom stereocenters. The fourth-order valence-corrected chi connectivity index (χ4v) is 1.21. The van der Waals surface area contributed by atoms with E-state index in [0.29, 0.717) is 32.7 Å². The molecule has 0 aromatic carbocycles. The predicted octanol–water partition coefficient (Wildman–Crippen LogP) is -0.747. The van der Waals surface area contributed by atoms with Gasteiger partial charge in [0.1, 0.15) is 0 Å². The van der Waals surface area contributed by atoms with Gasteiger partial charge >= 0.3 is 0 Å². The summed E-state index contributed by atoms with van der Waals surface area (Å²) in [7, 11) is 1.58. The van der Waals surface area contributed by atoms with Gasteiger partial charge in [-0.2, -0.15) is 0 Å². The first kappa shape index (κ1) is 15.9. The van der Waals surface area contributed by atoms with Gasteiger partial charge in [-0.15, -0.1) is 0 Å². The van der Waals surface area contributed by atoms with Crippen LogP contribution in [0.5, 0.6) is 0 Å². The Morgan fingerprint density at radius 2 is 1.94 bits per heavy atom. The summed E-state index contributed by atoms with van der Waals surface area (Å²) >= 11 is 0. The lowest BCUT2D eigenvalue weighted by molar-refractivity contribution is -0.124. The van der Waals surface area contributed by atoms with Gasteiger partial charge in [0, 0.05) is 33.2 Å². The highest BCUT2D eigenvalue weighted by Crippen LogP contribution is 1.84. The molecule has 2 amide bonds. The lowest BCUT2D eigenvalue weighted by atomic mass is 10.3. The van der Waals surface area contributed by atoms with Crippen LogP contribution in [-0.2, 0) is 14.3 Å². The van der Waals surface area contributed by atoms with E-state index in [9.17, 15) is 9.59 Å². The molecule has 6 nitrogen and oxygen atoms in total. The van der Waals surface area contributed by atoms with Crippen LogP contribution in [0.25, 0.3) is 0 Å². The molecule has 3 N–H and O–H groups in total. The second kappa shape index (κ2) is 10.0. The summed E-state index contributed by atoms with van der Waals surface area (Å²) in [6.45, 7) is 5.75. The van der Waals surface area contributed by atoms with Crippen LogP contribution in [-0.4, -0.2) is 51.2 Å². The second-order valence-corrected chi connectivity index (χ2v) is 3.66. The van der Waals surface area contributed by atoms with Gasteiger partial charge in [0.25, 0.3) is 0 Å². The number of nitrogens with one attached hydrogen (secondary N) is 3. The zero-order chi connectivity index (χ0) is 13.1. The van der Waals surface area contributed by atoms with E-state index in [2.05, 4.69) is 16.0 Å². The number of carbonyl (C=O) groups is 2. The minimum absolute atomic E-state index is 0.00742. The molecule has 0 heterocycles. The highest BCUT2D eigenvalue weighted by Gasteiger charge is 2.11. The maximum atomic E-state index is 11.5. The standard InChI is InChI=1S/C11H23N3O3/c1-4-12-10(15)5-6-13-9(2)11(16)14-7-8-17-3/h9,13H,4-8H2,1-3H3,(H,12,15)(H,14,16). The van der Waals surface area contributed by atoms with Crippen molar-refractivity contribution in [1.82, 2.24) is 16.0 Å². The van der Waals surface area contributed by atoms with Crippen molar-refractivity contribution in [3.63, 3.8) is 0 Å². The molecule has 0 aliphatic heterocycles. The predicted molar refractivity (Wildman–Crippen MR) is 65.7 cm³/mol. The quantitative estimate of drug-likeness (QED) is 0.467. The Kier molecular flexibility index (Phi) is 9.37. The minimum Gasteiger partial charge on any atom is -0.383 e. The number of carbonyl (C=O) groups excluding carboxylic acids is 2. The van der Waals surface area contributed by atoms with E-state index >= 15 is 0 Å². The molecule has 1 atom stereocenters. The Labute approximate surface area is 102 Å². The van der Waals surface area contributed by atoms with Gasteiger partial charge in [0.2, 0.25) is 11.8 Å². The number of ether oxygens (including phenoxy) is 1. The molecule has 17 heavy (non-hydrogen) atoms. The summed E-state index contributed by atoms with van der Waals surface area (Å²) in [5, 5.41) is 8.40. The van der Waals surface area contributed by atoms with Gasteiger partial charge in [0.05, 0.1) is 12.6 Å². The number of hydrogen-bond donors (Lipinski definition) is 3. The molecule has 6 heteroatoms. The average Bonchev–Trinajstić information content (AvgIpc) is 2.29. The van der Waals surface area contributed by atoms with Crippen molar-refractivity contribution in [1.29, 1.82) is 0 Å². The van der Waals surface area contributed by atoms with E-state index in [0.717, 1.165) is 0 Å². The van der Waals surface area contributed by atoms with Crippen LogP contribution in [0.15, 0.2) is 0 Å². The van der Waals surface area contributed by atoms with E-state index in [4.69, 9.17) is 4.74 Å².